The number of aliphatic imine (C=N–C) groups is 2. The van der Waals surface area contributed by atoms with Gasteiger partial charge >= 0.3 is 0 Å². The van der Waals surface area contributed by atoms with Crippen LogP contribution in [0.3, 0.4) is 0 Å². The van der Waals surface area contributed by atoms with Gasteiger partial charge in [0.05, 0.1) is 11.1 Å². The maximum Gasteiger partial charge on any atom is 0.128 e. The van der Waals surface area contributed by atoms with E-state index in [1.165, 1.54) is 0 Å². The Balaban J connectivity index is 1.73. The van der Waals surface area contributed by atoms with Gasteiger partial charge in [0, 0.05) is 59.5 Å². The number of aromatic nitrogens is 2. The lowest BCUT2D eigenvalue weighted by Crippen LogP contribution is -2.42. The summed E-state index contributed by atoms with van der Waals surface area (Å²) >= 11 is 0. The molecule has 0 saturated carbocycles. The average molecular weight is 591 g/mol. The van der Waals surface area contributed by atoms with Gasteiger partial charge in [-0.15, -0.1) is 0 Å². The van der Waals surface area contributed by atoms with E-state index in [-0.39, 0.29) is 22.3 Å². The molecule has 2 aromatic heterocycles. The van der Waals surface area contributed by atoms with Crippen molar-refractivity contribution in [2.24, 2.45) is 9.98 Å². The summed E-state index contributed by atoms with van der Waals surface area (Å²) in [6, 6.07) is 15.9. The van der Waals surface area contributed by atoms with Crippen LogP contribution < -0.4 is 0 Å². The lowest BCUT2D eigenvalue weighted by molar-refractivity contribution is 0.317. The zero-order valence-corrected chi connectivity index (χ0v) is 27.8. The Morgan fingerprint density at radius 1 is 0.500 bits per heavy atom. The molecule has 0 spiro atoms. The van der Waals surface area contributed by atoms with Crippen LogP contribution in [0, 0.1) is 0 Å². The third kappa shape index (κ3) is 7.07. The number of phenolic OH excluding ortho intramolecular Hbond substituents is 2. The number of hydrogen-bond acceptors (Lipinski definition) is 6. The SMILES string of the molecule is CC(C)(C)c1cc(-c2ccncc2)cc(C=NC(C)(C)C(C)(C)N=Cc2cc(-c3ccncc3)cc(C(C)(C)C)c2O)c1O. The Bertz CT molecular complexity index is 1550. The zero-order chi connectivity index (χ0) is 32.5. The first kappa shape index (κ1) is 32.6. The van der Waals surface area contributed by atoms with Crippen LogP contribution in [0.5, 0.6) is 11.5 Å². The number of phenols is 2. The highest BCUT2D eigenvalue weighted by atomic mass is 16.3. The minimum atomic E-state index is -0.657. The molecule has 6 nitrogen and oxygen atoms in total. The number of pyridine rings is 2. The van der Waals surface area contributed by atoms with Gasteiger partial charge in [-0.3, -0.25) is 20.0 Å². The van der Waals surface area contributed by atoms with Crippen LogP contribution in [0.4, 0.5) is 0 Å². The van der Waals surface area contributed by atoms with Crippen molar-refractivity contribution in [3.05, 3.63) is 95.6 Å². The molecule has 0 amide bonds. The van der Waals surface area contributed by atoms with Gasteiger partial charge in [-0.05, 0) is 109 Å². The van der Waals surface area contributed by atoms with E-state index in [4.69, 9.17) is 9.98 Å². The summed E-state index contributed by atoms with van der Waals surface area (Å²) in [5, 5.41) is 22.6. The fourth-order valence-electron chi connectivity index (χ4n) is 4.85. The fraction of sp³-hybridized carbons (Fsp3) is 0.368. The van der Waals surface area contributed by atoms with E-state index in [0.717, 1.165) is 33.4 Å². The molecule has 0 saturated heterocycles. The number of hydrogen-bond donors (Lipinski definition) is 2. The molecule has 0 aliphatic carbocycles. The van der Waals surface area contributed by atoms with Crippen molar-refractivity contribution >= 4 is 12.4 Å². The van der Waals surface area contributed by atoms with E-state index in [9.17, 15) is 10.2 Å². The van der Waals surface area contributed by atoms with Crippen LogP contribution in [0.25, 0.3) is 22.3 Å². The molecule has 2 heterocycles. The van der Waals surface area contributed by atoms with Gasteiger partial charge < -0.3 is 10.2 Å². The van der Waals surface area contributed by atoms with Gasteiger partial charge in [-0.25, -0.2) is 0 Å². The molecule has 0 fully saturated rings. The molecule has 6 heteroatoms. The molecule has 0 aliphatic heterocycles. The van der Waals surface area contributed by atoms with Crippen molar-refractivity contribution in [2.75, 3.05) is 0 Å². The summed E-state index contributed by atoms with van der Waals surface area (Å²) in [4.78, 5) is 18.3. The topological polar surface area (TPSA) is 91.0 Å². The molecule has 2 N–H and O–H groups in total. The molecule has 4 aromatic rings. The Morgan fingerprint density at radius 3 is 1.11 bits per heavy atom. The second kappa shape index (κ2) is 12.0. The third-order valence-corrected chi connectivity index (χ3v) is 8.47. The first-order valence-electron chi connectivity index (χ1n) is 15.1. The smallest absolute Gasteiger partial charge is 0.128 e. The van der Waals surface area contributed by atoms with E-state index in [2.05, 4.69) is 51.5 Å². The van der Waals surface area contributed by atoms with Gasteiger partial charge in [0.15, 0.2) is 0 Å². The second-order valence-corrected chi connectivity index (χ2v) is 14.5. The van der Waals surface area contributed by atoms with Crippen molar-refractivity contribution in [2.45, 2.75) is 91.1 Å². The van der Waals surface area contributed by atoms with Crippen molar-refractivity contribution in [1.82, 2.24) is 9.97 Å². The Morgan fingerprint density at radius 2 is 0.818 bits per heavy atom. The van der Waals surface area contributed by atoms with Gasteiger partial charge in [0.1, 0.15) is 11.5 Å². The highest BCUT2D eigenvalue weighted by Gasteiger charge is 2.36. The normalized spacial score (nSPS) is 13.2. The number of aromatic hydroxyl groups is 2. The molecule has 44 heavy (non-hydrogen) atoms. The Kier molecular flexibility index (Phi) is 8.88. The Hall–Kier alpha value is -4.32. The standard InChI is InChI=1S/C38H46N4O2/c1-35(2,3)31-21-27(25-11-15-39-16-12-25)19-29(33(31)43)23-41-37(7,8)38(9,10)42-24-30-20-28(26-13-17-40-18-14-26)22-32(34(30)44)36(4,5)6/h11-24,43-44H,1-10H3. The molecule has 2 aromatic carbocycles. The van der Waals surface area contributed by atoms with Crippen LogP contribution in [0.15, 0.2) is 83.3 Å². The van der Waals surface area contributed by atoms with Crippen molar-refractivity contribution < 1.29 is 10.2 Å². The van der Waals surface area contributed by atoms with Crippen molar-refractivity contribution in [1.29, 1.82) is 0 Å². The van der Waals surface area contributed by atoms with Crippen LogP contribution >= 0.6 is 0 Å². The first-order chi connectivity index (χ1) is 20.4. The fourth-order valence-corrected chi connectivity index (χ4v) is 4.85. The monoisotopic (exact) mass is 590 g/mol. The van der Waals surface area contributed by atoms with Gasteiger partial charge in [0.25, 0.3) is 0 Å². The van der Waals surface area contributed by atoms with E-state index in [0.29, 0.717) is 11.1 Å². The van der Waals surface area contributed by atoms with Crippen LogP contribution in [0.1, 0.15) is 91.5 Å². The van der Waals surface area contributed by atoms with Gasteiger partial charge in [-0.1, -0.05) is 41.5 Å². The van der Waals surface area contributed by atoms with E-state index >= 15 is 0 Å². The minimum Gasteiger partial charge on any atom is -0.507 e. The van der Waals surface area contributed by atoms with E-state index < -0.39 is 11.1 Å². The third-order valence-electron chi connectivity index (χ3n) is 8.47. The summed E-state index contributed by atoms with van der Waals surface area (Å²) in [5.74, 6) is 0.451. The quantitative estimate of drug-likeness (QED) is 0.210. The van der Waals surface area contributed by atoms with E-state index in [1.54, 1.807) is 37.2 Å². The van der Waals surface area contributed by atoms with E-state index in [1.807, 2.05) is 76.2 Å². The summed E-state index contributed by atoms with van der Waals surface area (Å²) in [6.07, 6.45) is 10.6. The summed E-state index contributed by atoms with van der Waals surface area (Å²) < 4.78 is 0. The average Bonchev–Trinajstić information content (AvgIpc) is 2.95. The van der Waals surface area contributed by atoms with Gasteiger partial charge in [0.2, 0.25) is 0 Å². The van der Waals surface area contributed by atoms with Crippen molar-refractivity contribution in [3.8, 4) is 33.8 Å². The molecule has 0 aliphatic rings. The summed E-state index contributed by atoms with van der Waals surface area (Å²) in [5.41, 5.74) is 5.17. The van der Waals surface area contributed by atoms with Crippen molar-refractivity contribution in [3.63, 3.8) is 0 Å². The van der Waals surface area contributed by atoms with Crippen LogP contribution in [0.2, 0.25) is 0 Å². The molecule has 0 bridgehead atoms. The second-order valence-electron chi connectivity index (χ2n) is 14.5. The summed E-state index contributed by atoms with van der Waals surface area (Å²) in [7, 11) is 0. The molecule has 230 valence electrons. The lowest BCUT2D eigenvalue weighted by atomic mass is 9.82. The lowest BCUT2D eigenvalue weighted by Gasteiger charge is -2.35. The number of benzene rings is 2. The molecule has 4 rings (SSSR count). The predicted molar refractivity (Wildman–Crippen MR) is 183 cm³/mol. The molecular formula is C38H46N4O2. The maximum atomic E-state index is 11.3. The Labute approximate surface area is 262 Å². The predicted octanol–water partition coefficient (Wildman–Crippen LogP) is 8.91. The zero-order valence-electron chi connectivity index (χ0n) is 27.8. The molecular weight excluding hydrogens is 544 g/mol. The minimum absolute atomic E-state index is 0.226. The number of rotatable bonds is 7. The highest BCUT2D eigenvalue weighted by molar-refractivity contribution is 5.89. The van der Waals surface area contributed by atoms with Crippen LogP contribution in [-0.4, -0.2) is 43.7 Å². The molecule has 0 radical (unpaired) electrons. The summed E-state index contributed by atoms with van der Waals surface area (Å²) in [6.45, 7) is 20.7. The highest BCUT2D eigenvalue weighted by Crippen LogP contribution is 2.39. The first-order valence-corrected chi connectivity index (χ1v) is 15.1. The molecule has 0 unspecified atom stereocenters. The molecule has 0 atom stereocenters. The van der Waals surface area contributed by atoms with Gasteiger partial charge in [-0.2, -0.15) is 0 Å². The van der Waals surface area contributed by atoms with Crippen LogP contribution in [-0.2, 0) is 10.8 Å². The maximum absolute atomic E-state index is 11.3. The largest absolute Gasteiger partial charge is 0.507 e. The number of nitrogens with zero attached hydrogens (tertiary/aromatic N) is 4.